The van der Waals surface area contributed by atoms with E-state index in [0.29, 0.717) is 12.0 Å². The molecule has 1 aromatic carbocycles. The number of halogens is 3. The van der Waals surface area contributed by atoms with Crippen LogP contribution in [0.25, 0.3) is 0 Å². The molecule has 0 aromatic heterocycles. The second-order valence-corrected chi connectivity index (χ2v) is 12.4. The van der Waals surface area contributed by atoms with Gasteiger partial charge in [-0.25, -0.2) is 0 Å². The standard InChI is InChI=1S/C19H24F3NO2Si/c1-26(2,3)25-18(19(20,21)22)16-12-8-7-11-15(16)17(24)23(18)13-14-9-5-4-6-10-14/h4-10,15-16H,11-13H2,1-3H3. The van der Waals surface area contributed by atoms with E-state index in [2.05, 4.69) is 0 Å². The number of rotatable bonds is 4. The third kappa shape index (κ3) is 3.22. The maximum atomic E-state index is 14.5. The van der Waals surface area contributed by atoms with E-state index in [1.165, 1.54) is 0 Å². The summed E-state index contributed by atoms with van der Waals surface area (Å²) in [6.45, 7) is 5.10. The number of carbonyl (C=O) groups is 1. The van der Waals surface area contributed by atoms with Crippen molar-refractivity contribution in [1.29, 1.82) is 0 Å². The molecule has 142 valence electrons. The Morgan fingerprint density at radius 3 is 2.35 bits per heavy atom. The fourth-order valence-corrected chi connectivity index (χ4v) is 5.37. The van der Waals surface area contributed by atoms with Crippen LogP contribution in [0.2, 0.25) is 19.6 Å². The Hall–Kier alpha value is -1.60. The highest BCUT2D eigenvalue weighted by Gasteiger charge is 2.72. The fourth-order valence-electron chi connectivity index (χ4n) is 4.06. The van der Waals surface area contributed by atoms with E-state index in [-0.39, 0.29) is 13.0 Å². The van der Waals surface area contributed by atoms with Crippen molar-refractivity contribution in [2.75, 3.05) is 0 Å². The van der Waals surface area contributed by atoms with Crippen molar-refractivity contribution in [3.05, 3.63) is 48.0 Å². The van der Waals surface area contributed by atoms with Crippen molar-refractivity contribution in [3.63, 3.8) is 0 Å². The van der Waals surface area contributed by atoms with E-state index in [1.807, 2.05) is 0 Å². The average molecular weight is 383 g/mol. The second kappa shape index (κ2) is 6.53. The molecule has 1 heterocycles. The summed E-state index contributed by atoms with van der Waals surface area (Å²) in [6.07, 6.45) is -0.578. The summed E-state index contributed by atoms with van der Waals surface area (Å²) in [7, 11) is -2.61. The molecule has 0 spiro atoms. The zero-order valence-electron chi connectivity index (χ0n) is 15.2. The van der Waals surface area contributed by atoms with Gasteiger partial charge in [0.1, 0.15) is 0 Å². The van der Waals surface area contributed by atoms with Crippen molar-refractivity contribution in [2.24, 2.45) is 11.8 Å². The van der Waals surface area contributed by atoms with Gasteiger partial charge in [0.05, 0.1) is 0 Å². The highest BCUT2D eigenvalue weighted by Crippen LogP contribution is 2.55. The predicted octanol–water partition coefficient (Wildman–Crippen LogP) is 4.72. The number of likely N-dealkylation sites (tertiary alicyclic amines) is 1. The van der Waals surface area contributed by atoms with Crippen LogP contribution in [0.3, 0.4) is 0 Å². The molecule has 1 amide bonds. The van der Waals surface area contributed by atoms with Crippen molar-refractivity contribution in [2.45, 2.75) is 50.9 Å². The lowest BCUT2D eigenvalue weighted by atomic mass is 9.79. The van der Waals surface area contributed by atoms with Crippen LogP contribution in [0.5, 0.6) is 0 Å². The van der Waals surface area contributed by atoms with Crippen LogP contribution in [0.15, 0.2) is 42.5 Å². The molecule has 1 aromatic rings. The van der Waals surface area contributed by atoms with Gasteiger partial charge in [0, 0.05) is 18.4 Å². The lowest BCUT2D eigenvalue weighted by Gasteiger charge is -2.46. The number of benzene rings is 1. The van der Waals surface area contributed by atoms with Crippen LogP contribution in [0.4, 0.5) is 13.2 Å². The van der Waals surface area contributed by atoms with Gasteiger partial charge < -0.3 is 9.33 Å². The molecule has 7 heteroatoms. The fraction of sp³-hybridized carbons (Fsp3) is 0.526. The predicted molar refractivity (Wildman–Crippen MR) is 95.6 cm³/mol. The molecule has 3 unspecified atom stereocenters. The van der Waals surface area contributed by atoms with E-state index in [0.717, 1.165) is 4.90 Å². The number of hydrogen-bond donors (Lipinski definition) is 0. The van der Waals surface area contributed by atoms with E-state index < -0.39 is 38.0 Å². The van der Waals surface area contributed by atoms with Gasteiger partial charge in [-0.15, -0.1) is 0 Å². The molecule has 1 fully saturated rings. The van der Waals surface area contributed by atoms with Gasteiger partial charge in [0.25, 0.3) is 0 Å². The smallest absolute Gasteiger partial charge is 0.388 e. The monoisotopic (exact) mass is 383 g/mol. The Kier molecular flexibility index (Phi) is 4.81. The Labute approximate surface area is 153 Å². The molecule has 1 aliphatic heterocycles. The number of alkyl halides is 3. The van der Waals surface area contributed by atoms with Gasteiger partial charge in [-0.1, -0.05) is 42.5 Å². The topological polar surface area (TPSA) is 29.5 Å². The molecule has 1 aliphatic carbocycles. The van der Waals surface area contributed by atoms with Gasteiger partial charge in [0.15, 0.2) is 8.32 Å². The summed E-state index contributed by atoms with van der Waals surface area (Å²) in [5, 5.41) is 0. The largest absolute Gasteiger partial charge is 0.436 e. The molecule has 3 nitrogen and oxygen atoms in total. The van der Waals surface area contributed by atoms with E-state index in [4.69, 9.17) is 4.43 Å². The Morgan fingerprint density at radius 2 is 1.77 bits per heavy atom. The molecule has 0 bridgehead atoms. The number of fused-ring (bicyclic) bond motifs is 1. The van der Waals surface area contributed by atoms with E-state index in [1.54, 1.807) is 62.1 Å². The Morgan fingerprint density at radius 1 is 1.15 bits per heavy atom. The normalized spacial score (nSPS) is 29.2. The van der Waals surface area contributed by atoms with Crippen LogP contribution in [0.1, 0.15) is 18.4 Å². The minimum absolute atomic E-state index is 0.101. The number of amides is 1. The van der Waals surface area contributed by atoms with Gasteiger partial charge in [-0.3, -0.25) is 4.79 Å². The average Bonchev–Trinajstić information content (AvgIpc) is 2.78. The van der Waals surface area contributed by atoms with Crippen molar-refractivity contribution in [3.8, 4) is 0 Å². The molecule has 2 aliphatic rings. The minimum Gasteiger partial charge on any atom is -0.388 e. The molecule has 26 heavy (non-hydrogen) atoms. The number of hydrogen-bond acceptors (Lipinski definition) is 2. The maximum absolute atomic E-state index is 14.5. The summed E-state index contributed by atoms with van der Waals surface area (Å²) in [5.41, 5.74) is -1.89. The van der Waals surface area contributed by atoms with Crippen molar-refractivity contribution < 1.29 is 22.4 Å². The first kappa shape index (κ1) is 19.2. The Balaban J connectivity index is 2.12. The SMILES string of the molecule is C[Si](C)(C)OC1(C(F)(F)F)C2CC=CCC2C(=O)N1Cc1ccccc1. The van der Waals surface area contributed by atoms with Crippen molar-refractivity contribution in [1.82, 2.24) is 4.90 Å². The molecular weight excluding hydrogens is 359 g/mol. The first-order chi connectivity index (χ1) is 12.1. The zero-order chi connectivity index (χ0) is 19.2. The van der Waals surface area contributed by atoms with Crippen LogP contribution in [0, 0.1) is 11.8 Å². The van der Waals surface area contributed by atoms with Crippen molar-refractivity contribution >= 4 is 14.2 Å². The van der Waals surface area contributed by atoms with Crippen LogP contribution in [-0.4, -0.2) is 31.0 Å². The van der Waals surface area contributed by atoms with E-state index >= 15 is 0 Å². The van der Waals surface area contributed by atoms with Gasteiger partial charge >= 0.3 is 6.18 Å². The first-order valence-electron chi connectivity index (χ1n) is 8.83. The Bertz CT molecular complexity index is 699. The first-order valence-corrected chi connectivity index (χ1v) is 12.2. The summed E-state index contributed by atoms with van der Waals surface area (Å²) in [4.78, 5) is 14.0. The third-order valence-electron chi connectivity index (χ3n) is 4.97. The molecule has 1 saturated heterocycles. The van der Waals surface area contributed by atoms with Crippen LogP contribution < -0.4 is 0 Å². The molecular formula is C19H24F3NO2Si. The lowest BCUT2D eigenvalue weighted by Crippen LogP contribution is -2.64. The maximum Gasteiger partial charge on any atom is 0.436 e. The molecule has 3 rings (SSSR count). The van der Waals surface area contributed by atoms with Gasteiger partial charge in [-0.2, -0.15) is 13.2 Å². The number of allylic oxidation sites excluding steroid dienone is 2. The van der Waals surface area contributed by atoms with Crippen LogP contribution >= 0.6 is 0 Å². The van der Waals surface area contributed by atoms with E-state index in [9.17, 15) is 18.0 Å². The summed E-state index contributed by atoms with van der Waals surface area (Å²) < 4.78 is 49.4. The molecule has 0 saturated carbocycles. The zero-order valence-corrected chi connectivity index (χ0v) is 16.2. The molecule has 3 atom stereocenters. The molecule has 0 radical (unpaired) electrons. The summed E-state index contributed by atoms with van der Waals surface area (Å²) in [5.74, 6) is -2.05. The minimum atomic E-state index is -4.66. The molecule has 0 N–H and O–H groups in total. The highest BCUT2D eigenvalue weighted by molar-refractivity contribution is 6.69. The number of nitrogens with zero attached hydrogens (tertiary/aromatic N) is 1. The van der Waals surface area contributed by atoms with Crippen LogP contribution in [-0.2, 0) is 15.8 Å². The second-order valence-electron chi connectivity index (χ2n) is 7.97. The third-order valence-corrected chi connectivity index (χ3v) is 5.89. The lowest BCUT2D eigenvalue weighted by molar-refractivity contribution is -0.311. The van der Waals surface area contributed by atoms with Gasteiger partial charge in [-0.05, 0) is 38.0 Å². The summed E-state index contributed by atoms with van der Waals surface area (Å²) >= 11 is 0. The summed E-state index contributed by atoms with van der Waals surface area (Å²) in [6, 6.07) is 8.80. The number of carbonyl (C=O) groups excluding carboxylic acids is 1. The highest BCUT2D eigenvalue weighted by atomic mass is 28.4. The quantitative estimate of drug-likeness (QED) is 0.556. The van der Waals surface area contributed by atoms with Gasteiger partial charge in [0.2, 0.25) is 11.6 Å².